The molecule has 4 aromatic carbocycles. The minimum absolute atomic E-state index is 0.0101. The molecule has 2 aromatic heterocycles. The van der Waals surface area contributed by atoms with E-state index in [-0.39, 0.29) is 34.8 Å². The Morgan fingerprint density at radius 2 is 1.20 bits per heavy atom. The highest BCUT2D eigenvalue weighted by Gasteiger charge is 2.47. The van der Waals surface area contributed by atoms with Crippen molar-refractivity contribution in [3.63, 3.8) is 0 Å². The van der Waals surface area contributed by atoms with E-state index in [9.17, 15) is 0 Å². The summed E-state index contributed by atoms with van der Waals surface area (Å²) in [6, 6.07) is 26.8. The fourth-order valence-corrected chi connectivity index (χ4v) is 12.0. The summed E-state index contributed by atoms with van der Waals surface area (Å²) < 4.78 is 26.2. The quantitative estimate of drug-likeness (QED) is 0.110. The van der Waals surface area contributed by atoms with Gasteiger partial charge < -0.3 is 18.9 Å². The molecule has 10 atom stereocenters. The molecule has 4 bridgehead atoms. The Hall–Kier alpha value is -6.10. The van der Waals surface area contributed by atoms with Crippen LogP contribution < -0.4 is 18.9 Å². The summed E-state index contributed by atoms with van der Waals surface area (Å²) in [4.78, 5) is 44.8. The molecule has 6 fully saturated rings. The van der Waals surface area contributed by atoms with Crippen LogP contribution in [0.4, 0.5) is 0 Å². The summed E-state index contributed by atoms with van der Waals surface area (Å²) in [5, 5.41) is 1.85. The number of hydrogen-bond donors (Lipinski definition) is 0. The summed E-state index contributed by atoms with van der Waals surface area (Å²) in [6.07, 6.45) is 10.0. The molecular weight excluding hydrogens is 801 g/mol. The number of piperidine rings is 6. The van der Waals surface area contributed by atoms with Crippen molar-refractivity contribution in [2.75, 3.05) is 40.4 Å². The number of rotatable bonds is 12. The van der Waals surface area contributed by atoms with Crippen LogP contribution in [0, 0.1) is 23.7 Å². The van der Waals surface area contributed by atoms with Gasteiger partial charge in [-0.1, -0.05) is 43.7 Å². The summed E-state index contributed by atoms with van der Waals surface area (Å²) in [7, 11) is 3.34. The van der Waals surface area contributed by atoms with Crippen molar-refractivity contribution in [2.24, 2.45) is 23.7 Å². The van der Waals surface area contributed by atoms with E-state index < -0.39 is 12.2 Å². The summed E-state index contributed by atoms with van der Waals surface area (Å²) >= 11 is 0. The number of pyridine rings is 2. The molecule has 6 aromatic rings. The van der Waals surface area contributed by atoms with Gasteiger partial charge in [-0.2, -0.15) is 0 Å². The predicted octanol–water partition coefficient (Wildman–Crippen LogP) is 9.83. The van der Waals surface area contributed by atoms with E-state index in [4.69, 9.17) is 28.9 Å². The Morgan fingerprint density at radius 1 is 0.688 bits per heavy atom. The van der Waals surface area contributed by atoms with Gasteiger partial charge in [0.05, 0.1) is 48.5 Å². The van der Waals surface area contributed by atoms with E-state index in [0.29, 0.717) is 46.3 Å². The SMILES string of the molecule is C=CC1CN2CCC1CC2[C@@H](Oc1ccc(O[C@@H](c2ccnc3ccc(OC)cc23)C2CC3CCN2CC3CC)c2c1C(=O)c1ccccc1C2=O)c1ccnc2ccc(OC)cc12. The van der Waals surface area contributed by atoms with Gasteiger partial charge in [-0.3, -0.25) is 29.4 Å². The van der Waals surface area contributed by atoms with Crippen LogP contribution in [0.25, 0.3) is 21.8 Å². The molecule has 0 radical (unpaired) electrons. The lowest BCUT2D eigenvalue weighted by atomic mass is 9.72. The lowest BCUT2D eigenvalue weighted by Gasteiger charge is -2.52. The molecule has 0 spiro atoms. The highest BCUT2D eigenvalue weighted by Crippen LogP contribution is 2.49. The molecule has 13 rings (SSSR count). The molecule has 8 unspecified atom stereocenters. The summed E-state index contributed by atoms with van der Waals surface area (Å²) in [5.74, 6) is 3.72. The number of hydrogen-bond acceptors (Lipinski definition) is 10. The van der Waals surface area contributed by atoms with Crippen molar-refractivity contribution < 1.29 is 28.5 Å². The number of fused-ring (bicyclic) bond motifs is 10. The maximum absolute atomic E-state index is 15.1. The van der Waals surface area contributed by atoms with Gasteiger partial charge in [-0.15, -0.1) is 6.58 Å². The van der Waals surface area contributed by atoms with Crippen LogP contribution in [0.15, 0.2) is 110 Å². The van der Waals surface area contributed by atoms with E-state index in [0.717, 1.165) is 103 Å². The molecule has 0 saturated carbocycles. The van der Waals surface area contributed by atoms with Crippen LogP contribution in [-0.4, -0.2) is 83.8 Å². The highest BCUT2D eigenvalue weighted by molar-refractivity contribution is 6.30. The van der Waals surface area contributed by atoms with Crippen molar-refractivity contribution in [3.05, 3.63) is 143 Å². The number of carbonyl (C=O) groups excluding carboxylic acids is 2. The lowest BCUT2D eigenvalue weighted by Crippen LogP contribution is -2.56. The molecule has 0 N–H and O–H groups in total. The van der Waals surface area contributed by atoms with Gasteiger partial charge >= 0.3 is 0 Å². The molecule has 8 heterocycles. The van der Waals surface area contributed by atoms with Crippen molar-refractivity contribution in [1.29, 1.82) is 0 Å². The maximum atomic E-state index is 15.1. The number of ketones is 2. The van der Waals surface area contributed by atoms with Gasteiger partial charge in [0.25, 0.3) is 0 Å². The van der Waals surface area contributed by atoms with Gasteiger partial charge in [0.15, 0.2) is 11.6 Å². The van der Waals surface area contributed by atoms with E-state index in [1.165, 1.54) is 0 Å². The van der Waals surface area contributed by atoms with E-state index >= 15 is 9.59 Å². The average molecular weight is 855 g/mol. The molecule has 6 aliphatic heterocycles. The first-order valence-corrected chi connectivity index (χ1v) is 23.0. The molecular formula is C54H54N4O6. The van der Waals surface area contributed by atoms with Crippen molar-refractivity contribution in [1.82, 2.24) is 19.8 Å². The van der Waals surface area contributed by atoms with Gasteiger partial charge in [0.2, 0.25) is 0 Å². The van der Waals surface area contributed by atoms with Crippen LogP contribution in [0.2, 0.25) is 0 Å². The lowest BCUT2D eigenvalue weighted by molar-refractivity contribution is -0.0485. The Labute approximate surface area is 374 Å². The van der Waals surface area contributed by atoms with Crippen LogP contribution in [0.5, 0.6) is 23.0 Å². The van der Waals surface area contributed by atoms with Gasteiger partial charge in [0.1, 0.15) is 35.2 Å². The second-order valence-electron chi connectivity index (χ2n) is 18.4. The van der Waals surface area contributed by atoms with Gasteiger partial charge in [-0.05, 0) is 123 Å². The fourth-order valence-electron chi connectivity index (χ4n) is 12.0. The van der Waals surface area contributed by atoms with Crippen molar-refractivity contribution in [3.8, 4) is 23.0 Å². The van der Waals surface area contributed by atoms with Crippen LogP contribution in [0.1, 0.15) is 94.2 Å². The third-order valence-corrected chi connectivity index (χ3v) is 15.4. The van der Waals surface area contributed by atoms with Gasteiger partial charge in [0, 0.05) is 58.5 Å². The highest BCUT2D eigenvalue weighted by atomic mass is 16.5. The normalized spacial score (nSPS) is 26.5. The number of ether oxygens (including phenoxy) is 4. The van der Waals surface area contributed by atoms with Crippen LogP contribution >= 0.6 is 0 Å². The maximum Gasteiger partial charge on any atom is 0.198 e. The first-order valence-electron chi connectivity index (χ1n) is 23.0. The second kappa shape index (κ2) is 16.5. The monoisotopic (exact) mass is 854 g/mol. The third kappa shape index (κ3) is 6.76. The Kier molecular flexibility index (Phi) is 10.5. The zero-order valence-corrected chi connectivity index (χ0v) is 36.7. The Bertz CT molecular complexity index is 2820. The largest absolute Gasteiger partial charge is 0.497 e. The molecule has 7 aliphatic rings. The number of nitrogens with zero attached hydrogens (tertiary/aromatic N) is 4. The molecule has 1 aliphatic carbocycles. The number of carbonyl (C=O) groups is 2. The molecule has 10 heteroatoms. The predicted molar refractivity (Wildman–Crippen MR) is 247 cm³/mol. The molecule has 10 nitrogen and oxygen atoms in total. The standard InChI is InChI=1S/C54H54N4O6/c1-5-31-29-57-23-19-33(31)25-45(57)53(39-17-21-55-43-13-11-35(61-3)27-41(39)43)63-47-15-16-48(50-49(47)51(59)37-9-7-8-10-38(37)52(50)60)64-54(46-26-34-20-24-58(46)30-32(34)6-2)40-18-22-56-44-14-12-36(62-4)28-42(40)44/h5,7-18,21-22,27-28,31-34,45-46,53-54H,1,6,19-20,23-26,29-30H2,2-4H3/t31?,32?,33?,34?,45?,46?,53-,54-/m0/s1. The van der Waals surface area contributed by atoms with Gasteiger partial charge in [-0.25, -0.2) is 0 Å². The van der Waals surface area contributed by atoms with Crippen LogP contribution in [0.3, 0.4) is 0 Å². The zero-order chi connectivity index (χ0) is 43.6. The molecule has 0 amide bonds. The first-order chi connectivity index (χ1) is 31.3. The number of aromatic nitrogens is 2. The smallest absolute Gasteiger partial charge is 0.198 e. The number of benzene rings is 4. The Balaban J connectivity index is 1.07. The minimum atomic E-state index is -0.509. The third-order valence-electron chi connectivity index (χ3n) is 15.4. The topological polar surface area (TPSA) is 103 Å². The Morgan fingerprint density at radius 3 is 1.66 bits per heavy atom. The van der Waals surface area contributed by atoms with Crippen LogP contribution in [-0.2, 0) is 0 Å². The molecule has 64 heavy (non-hydrogen) atoms. The first kappa shape index (κ1) is 40.7. The zero-order valence-electron chi connectivity index (χ0n) is 36.7. The summed E-state index contributed by atoms with van der Waals surface area (Å²) in [5.41, 5.74) is 4.77. The van der Waals surface area contributed by atoms with Crippen molar-refractivity contribution in [2.45, 2.75) is 63.3 Å². The van der Waals surface area contributed by atoms with Crippen molar-refractivity contribution >= 4 is 33.4 Å². The fraction of sp³-hybridized carbons (Fsp3) is 0.370. The molecule has 6 saturated heterocycles. The second-order valence-corrected chi connectivity index (χ2v) is 18.4. The average Bonchev–Trinajstić information content (AvgIpc) is 3.36. The van der Waals surface area contributed by atoms with E-state index in [2.05, 4.69) is 29.4 Å². The minimum Gasteiger partial charge on any atom is -0.497 e. The number of methoxy groups -OCH3 is 2. The van der Waals surface area contributed by atoms with E-state index in [1.807, 2.05) is 85.2 Å². The molecule has 326 valence electrons. The summed E-state index contributed by atoms with van der Waals surface area (Å²) in [6.45, 7) is 10.3. The van der Waals surface area contributed by atoms with E-state index in [1.54, 1.807) is 26.4 Å².